The maximum atomic E-state index is 6.40. The zero-order valence-corrected chi connectivity index (χ0v) is 12.5. The van der Waals surface area contributed by atoms with Gasteiger partial charge in [-0.05, 0) is 60.5 Å². The summed E-state index contributed by atoms with van der Waals surface area (Å²) in [4.78, 5) is 2.63. The largest absolute Gasteiger partial charge is 0.326 e. The molecular weight excluding hydrogens is 240 g/mol. The van der Waals surface area contributed by atoms with Crippen LogP contribution in [0, 0.1) is 5.92 Å². The Morgan fingerprint density at radius 1 is 1.44 bits per heavy atom. The molecule has 2 unspecified atom stereocenters. The number of rotatable bonds is 8. The van der Waals surface area contributed by atoms with Gasteiger partial charge < -0.3 is 5.73 Å². The fourth-order valence-corrected chi connectivity index (χ4v) is 3.35. The summed E-state index contributed by atoms with van der Waals surface area (Å²) in [6.07, 6.45) is 5.09. The Bertz CT molecular complexity index is 332. The average molecular weight is 266 g/mol. The van der Waals surface area contributed by atoms with Crippen LogP contribution in [0.3, 0.4) is 0 Å². The van der Waals surface area contributed by atoms with Crippen LogP contribution >= 0.6 is 11.3 Å². The first-order valence-electron chi connectivity index (χ1n) is 7.28. The highest BCUT2D eigenvalue weighted by atomic mass is 32.1. The number of hydrogen-bond donors (Lipinski definition) is 1. The first-order valence-corrected chi connectivity index (χ1v) is 8.22. The molecule has 1 saturated carbocycles. The molecule has 0 spiro atoms. The van der Waals surface area contributed by atoms with E-state index in [-0.39, 0.29) is 6.04 Å². The summed E-state index contributed by atoms with van der Waals surface area (Å²) < 4.78 is 0. The second-order valence-electron chi connectivity index (χ2n) is 5.51. The summed E-state index contributed by atoms with van der Waals surface area (Å²) in [5.41, 5.74) is 7.82. The summed E-state index contributed by atoms with van der Waals surface area (Å²) in [6.45, 7) is 6.88. The zero-order valence-electron chi connectivity index (χ0n) is 11.6. The Hall–Kier alpha value is -0.380. The first kappa shape index (κ1) is 14.0. The Labute approximate surface area is 115 Å². The van der Waals surface area contributed by atoms with Crippen molar-refractivity contribution in [3.05, 3.63) is 22.4 Å². The highest BCUT2D eigenvalue weighted by Gasteiger charge is 2.31. The van der Waals surface area contributed by atoms with Gasteiger partial charge in [-0.1, -0.05) is 13.8 Å². The molecule has 18 heavy (non-hydrogen) atoms. The Balaban J connectivity index is 2.12. The molecule has 1 aliphatic rings. The normalized spacial score (nSPS) is 19.1. The first-order chi connectivity index (χ1) is 8.76. The van der Waals surface area contributed by atoms with Crippen LogP contribution in [0.4, 0.5) is 0 Å². The van der Waals surface area contributed by atoms with E-state index in [2.05, 4.69) is 35.6 Å². The fourth-order valence-electron chi connectivity index (χ4n) is 2.66. The quantitative estimate of drug-likeness (QED) is 0.778. The zero-order chi connectivity index (χ0) is 13.0. The maximum Gasteiger partial charge on any atom is 0.0507 e. The lowest BCUT2D eigenvalue weighted by atomic mass is 9.98. The third kappa shape index (κ3) is 3.56. The van der Waals surface area contributed by atoms with E-state index in [1.165, 1.54) is 37.9 Å². The Kier molecular flexibility index (Phi) is 5.22. The molecule has 0 aliphatic heterocycles. The van der Waals surface area contributed by atoms with E-state index in [1.54, 1.807) is 11.3 Å². The van der Waals surface area contributed by atoms with Crippen molar-refractivity contribution in [1.82, 2.24) is 4.90 Å². The van der Waals surface area contributed by atoms with Crippen LogP contribution in [-0.2, 0) is 0 Å². The van der Waals surface area contributed by atoms with E-state index in [1.807, 2.05) is 0 Å². The molecular formula is C15H26N2S. The number of hydrogen-bond acceptors (Lipinski definition) is 3. The van der Waals surface area contributed by atoms with E-state index in [0.717, 1.165) is 12.3 Å². The molecule has 102 valence electrons. The van der Waals surface area contributed by atoms with Gasteiger partial charge in [0.15, 0.2) is 0 Å². The van der Waals surface area contributed by atoms with E-state index >= 15 is 0 Å². The fraction of sp³-hybridized carbons (Fsp3) is 0.733. The van der Waals surface area contributed by atoms with Crippen molar-refractivity contribution in [2.45, 2.75) is 51.6 Å². The minimum atomic E-state index is 0.255. The molecule has 1 aromatic heterocycles. The van der Waals surface area contributed by atoms with E-state index in [9.17, 15) is 0 Å². The van der Waals surface area contributed by atoms with Gasteiger partial charge in [-0.15, -0.1) is 0 Å². The smallest absolute Gasteiger partial charge is 0.0507 e. The monoisotopic (exact) mass is 266 g/mol. The van der Waals surface area contributed by atoms with Crippen molar-refractivity contribution in [2.75, 3.05) is 13.1 Å². The summed E-state index contributed by atoms with van der Waals surface area (Å²) in [5, 5.41) is 4.45. The van der Waals surface area contributed by atoms with Crippen molar-refractivity contribution in [2.24, 2.45) is 11.7 Å². The third-order valence-electron chi connectivity index (χ3n) is 3.86. The maximum absolute atomic E-state index is 6.40. The Morgan fingerprint density at radius 2 is 2.22 bits per heavy atom. The molecule has 2 N–H and O–H groups in total. The van der Waals surface area contributed by atoms with Crippen LogP contribution in [0.15, 0.2) is 16.8 Å². The van der Waals surface area contributed by atoms with Crippen LogP contribution in [0.1, 0.15) is 51.1 Å². The van der Waals surface area contributed by atoms with Gasteiger partial charge in [-0.3, -0.25) is 4.90 Å². The summed E-state index contributed by atoms with van der Waals surface area (Å²) in [6, 6.07) is 2.92. The molecule has 0 amide bonds. The topological polar surface area (TPSA) is 29.3 Å². The van der Waals surface area contributed by atoms with Crippen LogP contribution in [-0.4, -0.2) is 24.0 Å². The van der Waals surface area contributed by atoms with Crippen LogP contribution in [0.5, 0.6) is 0 Å². The van der Waals surface area contributed by atoms with Crippen LogP contribution < -0.4 is 5.73 Å². The molecule has 0 aromatic carbocycles. The van der Waals surface area contributed by atoms with Crippen molar-refractivity contribution < 1.29 is 0 Å². The average Bonchev–Trinajstić information content (AvgIpc) is 3.02. The minimum absolute atomic E-state index is 0.255. The van der Waals surface area contributed by atoms with E-state index < -0.39 is 0 Å². The summed E-state index contributed by atoms with van der Waals surface area (Å²) >= 11 is 1.78. The molecule has 3 heteroatoms. The van der Waals surface area contributed by atoms with Crippen molar-refractivity contribution in [1.29, 1.82) is 0 Å². The van der Waals surface area contributed by atoms with E-state index in [4.69, 9.17) is 5.73 Å². The summed E-state index contributed by atoms with van der Waals surface area (Å²) in [5.74, 6) is 0.932. The predicted octanol–water partition coefficient (Wildman–Crippen LogP) is 3.65. The highest BCUT2D eigenvalue weighted by Crippen LogP contribution is 2.34. The number of thiophene rings is 1. The van der Waals surface area contributed by atoms with Gasteiger partial charge in [0.1, 0.15) is 0 Å². The Morgan fingerprint density at radius 3 is 2.72 bits per heavy atom. The minimum Gasteiger partial charge on any atom is -0.326 e. The van der Waals surface area contributed by atoms with Crippen LogP contribution in [0.25, 0.3) is 0 Å². The number of nitrogens with two attached hydrogens (primary N) is 1. The van der Waals surface area contributed by atoms with E-state index in [0.29, 0.717) is 6.04 Å². The molecule has 0 bridgehead atoms. The van der Waals surface area contributed by atoms with Crippen molar-refractivity contribution in [3.8, 4) is 0 Å². The third-order valence-corrected chi connectivity index (χ3v) is 4.56. The van der Waals surface area contributed by atoms with Crippen molar-refractivity contribution >= 4 is 11.3 Å². The highest BCUT2D eigenvalue weighted by molar-refractivity contribution is 7.07. The lowest BCUT2D eigenvalue weighted by molar-refractivity contribution is 0.162. The van der Waals surface area contributed by atoms with Gasteiger partial charge in [-0.2, -0.15) is 11.3 Å². The number of nitrogens with zero attached hydrogens (tertiary/aromatic N) is 1. The van der Waals surface area contributed by atoms with Gasteiger partial charge in [-0.25, -0.2) is 0 Å². The lowest BCUT2D eigenvalue weighted by Crippen LogP contribution is -2.42. The molecule has 1 aromatic rings. The molecule has 1 heterocycles. The molecule has 0 saturated heterocycles. The van der Waals surface area contributed by atoms with Gasteiger partial charge >= 0.3 is 0 Å². The van der Waals surface area contributed by atoms with Gasteiger partial charge in [0.25, 0.3) is 0 Å². The molecule has 0 radical (unpaired) electrons. The second kappa shape index (κ2) is 6.69. The SMILES string of the molecule is CCCN(CC1CC1)C(c1ccsc1)C(N)CC. The summed E-state index contributed by atoms with van der Waals surface area (Å²) in [7, 11) is 0. The molecule has 2 nitrogen and oxygen atoms in total. The molecule has 2 rings (SSSR count). The molecule has 2 atom stereocenters. The second-order valence-corrected chi connectivity index (χ2v) is 6.29. The van der Waals surface area contributed by atoms with Crippen LogP contribution in [0.2, 0.25) is 0 Å². The molecule has 1 aliphatic carbocycles. The van der Waals surface area contributed by atoms with Gasteiger partial charge in [0, 0.05) is 12.6 Å². The van der Waals surface area contributed by atoms with Crippen molar-refractivity contribution in [3.63, 3.8) is 0 Å². The standard InChI is InChI=1S/C15H26N2S/c1-3-8-17(10-12-5-6-12)15(14(16)4-2)13-7-9-18-11-13/h7,9,11-12,14-15H,3-6,8,10,16H2,1-2H3. The van der Waals surface area contributed by atoms with Gasteiger partial charge in [0.05, 0.1) is 6.04 Å². The lowest BCUT2D eigenvalue weighted by Gasteiger charge is -2.35. The molecule has 1 fully saturated rings. The predicted molar refractivity (Wildman–Crippen MR) is 79.9 cm³/mol. The van der Waals surface area contributed by atoms with Gasteiger partial charge in [0.2, 0.25) is 0 Å².